The summed E-state index contributed by atoms with van der Waals surface area (Å²) in [4.78, 5) is 24.0. The van der Waals surface area contributed by atoms with Crippen LogP contribution in [0.25, 0.3) is 0 Å². The van der Waals surface area contributed by atoms with Gasteiger partial charge in [-0.1, -0.05) is 13.8 Å². The molecule has 0 atom stereocenters. The minimum atomic E-state index is -0.999. The molecule has 6 heteroatoms. The van der Waals surface area contributed by atoms with Crippen LogP contribution < -0.4 is 5.32 Å². The summed E-state index contributed by atoms with van der Waals surface area (Å²) in [5.74, 6) is -0.999. The first kappa shape index (κ1) is 15.8. The molecule has 6 nitrogen and oxygen atoms in total. The summed E-state index contributed by atoms with van der Waals surface area (Å²) in [5, 5.41) is 11.1. The molecule has 1 saturated heterocycles. The Balaban J connectivity index is 2.22. The molecule has 2 amide bonds. The van der Waals surface area contributed by atoms with Gasteiger partial charge in [0.25, 0.3) is 0 Å². The lowest BCUT2D eigenvalue weighted by atomic mass is 9.82. The number of carboxylic acid groups (broad SMARTS) is 1. The van der Waals surface area contributed by atoms with E-state index in [0.717, 1.165) is 32.4 Å². The fourth-order valence-corrected chi connectivity index (χ4v) is 2.44. The number of hydrogen-bond acceptors (Lipinski definition) is 3. The second kappa shape index (κ2) is 7.33. The maximum Gasteiger partial charge on any atom is 0.329 e. The van der Waals surface area contributed by atoms with Gasteiger partial charge in [0.05, 0.1) is 6.61 Å². The van der Waals surface area contributed by atoms with Gasteiger partial charge in [0, 0.05) is 19.6 Å². The molecule has 0 aromatic carbocycles. The third-order valence-corrected chi connectivity index (χ3v) is 3.97. The first-order valence-electron chi connectivity index (χ1n) is 6.85. The van der Waals surface area contributed by atoms with Gasteiger partial charge in [-0.15, -0.1) is 0 Å². The Morgan fingerprint density at radius 3 is 2.58 bits per heavy atom. The van der Waals surface area contributed by atoms with E-state index in [0.29, 0.717) is 6.54 Å². The smallest absolute Gasteiger partial charge is 0.329 e. The topological polar surface area (TPSA) is 78.9 Å². The predicted molar refractivity (Wildman–Crippen MR) is 71.1 cm³/mol. The van der Waals surface area contributed by atoms with Crippen LogP contribution in [-0.4, -0.2) is 54.9 Å². The molecule has 110 valence electrons. The summed E-state index contributed by atoms with van der Waals surface area (Å²) in [6.07, 6.45) is 3.24. The molecule has 1 heterocycles. The Labute approximate surface area is 114 Å². The van der Waals surface area contributed by atoms with Crippen LogP contribution in [0.15, 0.2) is 0 Å². The molecule has 0 saturated carbocycles. The number of carbonyl (C=O) groups excluding carboxylic acids is 1. The van der Waals surface area contributed by atoms with E-state index in [4.69, 9.17) is 9.84 Å². The summed E-state index contributed by atoms with van der Waals surface area (Å²) >= 11 is 0. The molecule has 1 fully saturated rings. The van der Waals surface area contributed by atoms with Crippen LogP contribution >= 0.6 is 0 Å². The van der Waals surface area contributed by atoms with Crippen molar-refractivity contribution in [2.24, 2.45) is 5.41 Å². The molecule has 0 spiro atoms. The second-order valence-corrected chi connectivity index (χ2v) is 5.06. The SMILES string of the molecule is CCC1(CC)CCN(C(=O)NCCOCC(=O)O)C1. The number of aliphatic carboxylic acids is 1. The fourth-order valence-electron chi connectivity index (χ4n) is 2.44. The van der Waals surface area contributed by atoms with Gasteiger partial charge in [0.2, 0.25) is 0 Å². The lowest BCUT2D eigenvalue weighted by Gasteiger charge is -2.26. The Hall–Kier alpha value is -1.30. The number of rotatable bonds is 7. The van der Waals surface area contributed by atoms with Crippen molar-refractivity contribution in [3.8, 4) is 0 Å². The van der Waals surface area contributed by atoms with Crippen molar-refractivity contribution in [2.75, 3.05) is 32.8 Å². The Bertz CT molecular complexity index is 316. The van der Waals surface area contributed by atoms with Gasteiger partial charge >= 0.3 is 12.0 Å². The van der Waals surface area contributed by atoms with E-state index in [9.17, 15) is 9.59 Å². The van der Waals surface area contributed by atoms with Crippen molar-refractivity contribution in [1.82, 2.24) is 10.2 Å². The molecule has 1 rings (SSSR count). The Morgan fingerprint density at radius 1 is 1.37 bits per heavy atom. The highest BCUT2D eigenvalue weighted by atomic mass is 16.5. The normalized spacial score (nSPS) is 17.5. The summed E-state index contributed by atoms with van der Waals surface area (Å²) in [5.41, 5.74) is 0.275. The lowest BCUT2D eigenvalue weighted by Crippen LogP contribution is -2.41. The number of nitrogens with zero attached hydrogens (tertiary/aromatic N) is 1. The molecular formula is C13H24N2O4. The average Bonchev–Trinajstić information content (AvgIpc) is 2.83. The maximum absolute atomic E-state index is 11.9. The zero-order chi connectivity index (χ0) is 14.3. The van der Waals surface area contributed by atoms with Gasteiger partial charge in [-0.25, -0.2) is 9.59 Å². The van der Waals surface area contributed by atoms with Crippen molar-refractivity contribution in [1.29, 1.82) is 0 Å². The number of hydrogen-bond donors (Lipinski definition) is 2. The number of likely N-dealkylation sites (tertiary alicyclic amines) is 1. The number of amides is 2. The summed E-state index contributed by atoms with van der Waals surface area (Å²) < 4.78 is 4.86. The van der Waals surface area contributed by atoms with Crippen molar-refractivity contribution < 1.29 is 19.4 Å². The van der Waals surface area contributed by atoms with Gasteiger partial charge in [0.1, 0.15) is 6.61 Å². The zero-order valence-electron chi connectivity index (χ0n) is 11.8. The molecule has 1 aliphatic heterocycles. The van der Waals surface area contributed by atoms with Crippen molar-refractivity contribution in [3.05, 3.63) is 0 Å². The number of ether oxygens (including phenoxy) is 1. The third kappa shape index (κ3) is 4.70. The number of nitrogens with one attached hydrogen (secondary N) is 1. The summed E-state index contributed by atoms with van der Waals surface area (Å²) in [7, 11) is 0. The molecule has 19 heavy (non-hydrogen) atoms. The minimum absolute atomic E-state index is 0.0808. The van der Waals surface area contributed by atoms with E-state index < -0.39 is 5.97 Å². The van der Waals surface area contributed by atoms with Crippen molar-refractivity contribution >= 4 is 12.0 Å². The molecule has 2 N–H and O–H groups in total. The zero-order valence-corrected chi connectivity index (χ0v) is 11.8. The van der Waals surface area contributed by atoms with E-state index in [1.807, 2.05) is 4.90 Å². The van der Waals surface area contributed by atoms with Crippen LogP contribution in [0.1, 0.15) is 33.1 Å². The molecule has 0 radical (unpaired) electrons. The van der Waals surface area contributed by atoms with E-state index in [2.05, 4.69) is 19.2 Å². The van der Waals surface area contributed by atoms with Gasteiger partial charge in [0.15, 0.2) is 0 Å². The number of urea groups is 1. The van der Waals surface area contributed by atoms with Gasteiger partial charge in [-0.2, -0.15) is 0 Å². The van der Waals surface area contributed by atoms with Crippen molar-refractivity contribution in [3.63, 3.8) is 0 Å². The third-order valence-electron chi connectivity index (χ3n) is 3.97. The molecule has 0 aromatic heterocycles. The Kier molecular flexibility index (Phi) is 6.08. The fraction of sp³-hybridized carbons (Fsp3) is 0.846. The van der Waals surface area contributed by atoms with Crippen LogP contribution in [0.2, 0.25) is 0 Å². The summed E-state index contributed by atoms with van der Waals surface area (Å²) in [6.45, 7) is 6.18. The van der Waals surface area contributed by atoms with Gasteiger partial charge in [-0.3, -0.25) is 0 Å². The number of carbonyl (C=O) groups is 2. The molecule has 0 aromatic rings. The van der Waals surface area contributed by atoms with Crippen LogP contribution in [0.5, 0.6) is 0 Å². The van der Waals surface area contributed by atoms with Crippen LogP contribution in [0.4, 0.5) is 4.79 Å². The predicted octanol–water partition coefficient (Wildman–Crippen LogP) is 1.31. The summed E-state index contributed by atoms with van der Waals surface area (Å²) in [6, 6.07) is -0.0808. The van der Waals surface area contributed by atoms with Crippen LogP contribution in [0, 0.1) is 5.41 Å². The van der Waals surface area contributed by atoms with Crippen molar-refractivity contribution in [2.45, 2.75) is 33.1 Å². The van der Waals surface area contributed by atoms with E-state index in [-0.39, 0.29) is 24.7 Å². The van der Waals surface area contributed by atoms with Crippen LogP contribution in [-0.2, 0) is 9.53 Å². The minimum Gasteiger partial charge on any atom is -0.480 e. The van der Waals surface area contributed by atoms with Crippen LogP contribution in [0.3, 0.4) is 0 Å². The average molecular weight is 272 g/mol. The molecule has 1 aliphatic rings. The second-order valence-electron chi connectivity index (χ2n) is 5.06. The van der Waals surface area contributed by atoms with Gasteiger partial charge in [-0.05, 0) is 24.7 Å². The standard InChI is InChI=1S/C13H24N2O4/c1-3-13(4-2)5-7-15(10-13)12(18)14-6-8-19-9-11(16)17/h3-10H2,1-2H3,(H,14,18)(H,16,17). The molecular weight excluding hydrogens is 248 g/mol. The monoisotopic (exact) mass is 272 g/mol. The maximum atomic E-state index is 11.9. The van der Waals surface area contributed by atoms with E-state index >= 15 is 0 Å². The first-order valence-corrected chi connectivity index (χ1v) is 6.85. The van der Waals surface area contributed by atoms with E-state index in [1.54, 1.807) is 0 Å². The van der Waals surface area contributed by atoms with E-state index in [1.165, 1.54) is 0 Å². The lowest BCUT2D eigenvalue weighted by molar-refractivity contribution is -0.142. The Morgan fingerprint density at radius 2 is 2.05 bits per heavy atom. The number of carboxylic acids is 1. The molecule has 0 bridgehead atoms. The molecule has 0 aliphatic carbocycles. The van der Waals surface area contributed by atoms with Gasteiger partial charge < -0.3 is 20.1 Å². The highest BCUT2D eigenvalue weighted by Gasteiger charge is 2.36. The largest absolute Gasteiger partial charge is 0.480 e. The highest BCUT2D eigenvalue weighted by Crippen LogP contribution is 2.36. The molecule has 0 unspecified atom stereocenters. The highest BCUT2D eigenvalue weighted by molar-refractivity contribution is 5.74. The quantitative estimate of drug-likeness (QED) is 0.685. The first-order chi connectivity index (χ1) is 9.03.